The smallest absolute Gasteiger partial charge is 0.311 e. The standard InChI is InChI=1S/C16H17FN4O4S/c17-12-3-5-14(6-4-12)26(24,25)19-13-7-10-20(11-8-13)16-15(21(22)23)2-1-9-18-16/h1-6,9,13,19H,7-8,10-11H2. The van der Waals surface area contributed by atoms with E-state index in [1.807, 2.05) is 0 Å². The molecule has 1 aliphatic rings. The van der Waals surface area contributed by atoms with Crippen LogP contribution in [0.4, 0.5) is 15.9 Å². The third kappa shape index (κ3) is 3.97. The molecule has 1 aromatic carbocycles. The number of pyridine rings is 1. The second-order valence-corrected chi connectivity index (χ2v) is 7.65. The van der Waals surface area contributed by atoms with Crippen molar-refractivity contribution in [3.63, 3.8) is 0 Å². The number of halogens is 1. The summed E-state index contributed by atoms with van der Waals surface area (Å²) in [6.45, 7) is 0.878. The maximum Gasteiger partial charge on any atom is 0.311 e. The molecular formula is C16H17FN4O4S. The molecule has 1 N–H and O–H groups in total. The normalized spacial score (nSPS) is 15.8. The van der Waals surface area contributed by atoms with Crippen LogP contribution in [0.3, 0.4) is 0 Å². The van der Waals surface area contributed by atoms with Gasteiger partial charge in [0.1, 0.15) is 5.82 Å². The molecule has 0 aliphatic carbocycles. The van der Waals surface area contributed by atoms with Gasteiger partial charge in [0.15, 0.2) is 0 Å². The Hall–Kier alpha value is -2.59. The molecule has 2 aromatic rings. The lowest BCUT2D eigenvalue weighted by Crippen LogP contribution is -2.45. The van der Waals surface area contributed by atoms with Crippen LogP contribution in [-0.4, -0.2) is 37.5 Å². The van der Waals surface area contributed by atoms with Crippen LogP contribution in [0, 0.1) is 15.9 Å². The van der Waals surface area contributed by atoms with Crippen LogP contribution in [-0.2, 0) is 10.0 Å². The number of anilines is 1. The SMILES string of the molecule is O=[N+]([O-])c1cccnc1N1CCC(NS(=O)(=O)c2ccc(F)cc2)CC1. The summed E-state index contributed by atoms with van der Waals surface area (Å²) >= 11 is 0. The van der Waals surface area contributed by atoms with Crippen molar-refractivity contribution in [2.45, 2.75) is 23.8 Å². The third-order valence-corrected chi connectivity index (χ3v) is 5.74. The highest BCUT2D eigenvalue weighted by Crippen LogP contribution is 2.27. The number of nitrogens with one attached hydrogen (secondary N) is 1. The molecule has 10 heteroatoms. The van der Waals surface area contributed by atoms with Crippen molar-refractivity contribution < 1.29 is 17.7 Å². The second-order valence-electron chi connectivity index (χ2n) is 5.94. The van der Waals surface area contributed by atoms with E-state index in [0.29, 0.717) is 25.9 Å². The van der Waals surface area contributed by atoms with E-state index in [1.165, 1.54) is 30.5 Å². The van der Waals surface area contributed by atoms with Crippen molar-refractivity contribution in [2.75, 3.05) is 18.0 Å². The molecule has 1 aromatic heterocycles. The number of rotatable bonds is 5. The number of hydrogen-bond acceptors (Lipinski definition) is 6. The lowest BCUT2D eigenvalue weighted by molar-refractivity contribution is -0.384. The average Bonchev–Trinajstić information content (AvgIpc) is 2.62. The number of aromatic nitrogens is 1. The zero-order valence-corrected chi connectivity index (χ0v) is 14.5. The van der Waals surface area contributed by atoms with Gasteiger partial charge in [-0.25, -0.2) is 22.5 Å². The van der Waals surface area contributed by atoms with Gasteiger partial charge in [0.2, 0.25) is 15.8 Å². The van der Waals surface area contributed by atoms with Crippen LogP contribution < -0.4 is 9.62 Å². The summed E-state index contributed by atoms with van der Waals surface area (Å²) in [6.07, 6.45) is 2.45. The van der Waals surface area contributed by atoms with E-state index in [1.54, 1.807) is 4.90 Å². The Bertz CT molecular complexity index is 897. The first-order valence-electron chi connectivity index (χ1n) is 7.99. The van der Waals surface area contributed by atoms with E-state index >= 15 is 0 Å². The Balaban J connectivity index is 1.66. The first-order chi connectivity index (χ1) is 12.4. The maximum absolute atomic E-state index is 13.0. The van der Waals surface area contributed by atoms with E-state index in [-0.39, 0.29) is 22.4 Å². The number of hydrogen-bond donors (Lipinski definition) is 1. The summed E-state index contributed by atoms with van der Waals surface area (Å²) in [5.74, 6) is -0.216. The lowest BCUT2D eigenvalue weighted by atomic mass is 10.1. The Labute approximate surface area is 149 Å². The fourth-order valence-corrected chi connectivity index (χ4v) is 4.19. The Kier molecular flexibility index (Phi) is 5.14. The van der Waals surface area contributed by atoms with Crippen LogP contribution in [0.25, 0.3) is 0 Å². The van der Waals surface area contributed by atoms with E-state index in [4.69, 9.17) is 0 Å². The first kappa shape index (κ1) is 18.2. The molecule has 2 heterocycles. The molecule has 1 saturated heterocycles. The number of sulfonamides is 1. The largest absolute Gasteiger partial charge is 0.351 e. The molecule has 0 saturated carbocycles. The molecule has 0 bridgehead atoms. The van der Waals surface area contributed by atoms with Crippen molar-refractivity contribution in [1.29, 1.82) is 0 Å². The molecule has 0 radical (unpaired) electrons. The summed E-state index contributed by atoms with van der Waals surface area (Å²) < 4.78 is 40.3. The fraction of sp³-hybridized carbons (Fsp3) is 0.312. The molecule has 1 aliphatic heterocycles. The van der Waals surface area contributed by atoms with Gasteiger partial charge in [0, 0.05) is 31.4 Å². The van der Waals surface area contributed by atoms with Gasteiger partial charge < -0.3 is 4.90 Å². The first-order valence-corrected chi connectivity index (χ1v) is 9.47. The van der Waals surface area contributed by atoms with Crippen molar-refractivity contribution in [1.82, 2.24) is 9.71 Å². The maximum atomic E-state index is 13.0. The summed E-state index contributed by atoms with van der Waals surface area (Å²) in [4.78, 5) is 16.5. The van der Waals surface area contributed by atoms with Crippen molar-refractivity contribution >= 4 is 21.5 Å². The monoisotopic (exact) mass is 380 g/mol. The van der Waals surface area contributed by atoms with Crippen molar-refractivity contribution in [3.8, 4) is 0 Å². The molecule has 0 atom stereocenters. The number of piperidine rings is 1. The van der Waals surface area contributed by atoms with Gasteiger partial charge in [0.05, 0.1) is 9.82 Å². The second kappa shape index (κ2) is 7.34. The predicted molar refractivity (Wildman–Crippen MR) is 92.8 cm³/mol. The van der Waals surface area contributed by atoms with Crippen molar-refractivity contribution in [2.24, 2.45) is 0 Å². The van der Waals surface area contributed by atoms with Crippen LogP contribution >= 0.6 is 0 Å². The van der Waals surface area contributed by atoms with Crippen LogP contribution in [0.2, 0.25) is 0 Å². The van der Waals surface area contributed by atoms with E-state index < -0.39 is 20.8 Å². The molecule has 0 spiro atoms. The van der Waals surface area contributed by atoms with E-state index in [9.17, 15) is 22.9 Å². The summed E-state index contributed by atoms with van der Waals surface area (Å²) in [5.41, 5.74) is -0.0714. The third-order valence-electron chi connectivity index (χ3n) is 4.20. The topological polar surface area (TPSA) is 105 Å². The Morgan fingerprint density at radius 1 is 1.19 bits per heavy atom. The molecule has 138 valence electrons. The van der Waals surface area contributed by atoms with Gasteiger partial charge in [-0.1, -0.05) is 0 Å². The molecule has 0 unspecified atom stereocenters. The molecule has 26 heavy (non-hydrogen) atoms. The minimum atomic E-state index is -3.74. The zero-order valence-electron chi connectivity index (χ0n) is 13.7. The lowest BCUT2D eigenvalue weighted by Gasteiger charge is -2.32. The number of nitrogens with zero attached hydrogens (tertiary/aromatic N) is 3. The van der Waals surface area contributed by atoms with Gasteiger partial charge in [-0.3, -0.25) is 10.1 Å². The quantitative estimate of drug-likeness (QED) is 0.629. The van der Waals surface area contributed by atoms with E-state index in [0.717, 1.165) is 12.1 Å². The van der Waals surface area contributed by atoms with Gasteiger partial charge in [0.25, 0.3) is 0 Å². The highest BCUT2D eigenvalue weighted by molar-refractivity contribution is 7.89. The van der Waals surface area contributed by atoms with Gasteiger partial charge in [-0.05, 0) is 43.2 Å². The van der Waals surface area contributed by atoms with E-state index in [2.05, 4.69) is 9.71 Å². The van der Waals surface area contributed by atoms with Crippen LogP contribution in [0.15, 0.2) is 47.5 Å². The Morgan fingerprint density at radius 2 is 1.85 bits per heavy atom. The highest BCUT2D eigenvalue weighted by atomic mass is 32.2. The van der Waals surface area contributed by atoms with Crippen LogP contribution in [0.5, 0.6) is 0 Å². The average molecular weight is 380 g/mol. The van der Waals surface area contributed by atoms with Gasteiger partial charge in [-0.15, -0.1) is 0 Å². The molecule has 0 amide bonds. The summed E-state index contributed by atoms with van der Waals surface area (Å²) in [6, 6.07) is 7.21. The minimum Gasteiger partial charge on any atom is -0.351 e. The molecule has 3 rings (SSSR count). The summed E-state index contributed by atoms with van der Waals surface area (Å²) in [5, 5.41) is 11.1. The predicted octanol–water partition coefficient (Wildman–Crippen LogP) is 2.08. The number of benzene rings is 1. The zero-order chi connectivity index (χ0) is 18.7. The fourth-order valence-electron chi connectivity index (χ4n) is 2.88. The minimum absolute atomic E-state index is 0.00157. The molecule has 8 nitrogen and oxygen atoms in total. The van der Waals surface area contributed by atoms with Gasteiger partial charge >= 0.3 is 5.69 Å². The van der Waals surface area contributed by atoms with Crippen LogP contribution in [0.1, 0.15) is 12.8 Å². The molecule has 1 fully saturated rings. The summed E-state index contributed by atoms with van der Waals surface area (Å²) in [7, 11) is -3.74. The Morgan fingerprint density at radius 3 is 2.46 bits per heavy atom. The molecular weight excluding hydrogens is 363 g/mol. The highest BCUT2D eigenvalue weighted by Gasteiger charge is 2.28. The number of nitro groups is 1. The van der Waals surface area contributed by atoms with Gasteiger partial charge in [-0.2, -0.15) is 0 Å². The van der Waals surface area contributed by atoms with Crippen molar-refractivity contribution in [3.05, 3.63) is 58.5 Å².